The lowest BCUT2D eigenvalue weighted by molar-refractivity contribution is 0.184. The molecule has 0 aliphatic heterocycles. The van der Waals surface area contributed by atoms with Crippen LogP contribution in [0.5, 0.6) is 5.75 Å². The van der Waals surface area contributed by atoms with Gasteiger partial charge in [-0.25, -0.2) is 0 Å². The molecular formula is C17H20BrNO2. The summed E-state index contributed by atoms with van der Waals surface area (Å²) in [5.74, 6) is 0.857. The third kappa shape index (κ3) is 4.84. The second-order valence-corrected chi connectivity index (χ2v) is 5.68. The largest absolute Gasteiger partial charge is 0.489 e. The molecule has 0 amide bonds. The van der Waals surface area contributed by atoms with Crippen molar-refractivity contribution in [3.05, 3.63) is 63.6 Å². The van der Waals surface area contributed by atoms with Crippen LogP contribution in [-0.2, 0) is 24.5 Å². The summed E-state index contributed by atoms with van der Waals surface area (Å²) >= 11 is 3.60. The standard InChI is InChI=1S/C17H20BrNO2/c1-19-10-13-6-7-15(17(18)9-13)12-21-16-5-3-4-14(8-16)11-20-2/h3-9,19H,10-12H2,1-2H3. The van der Waals surface area contributed by atoms with Gasteiger partial charge in [0.1, 0.15) is 12.4 Å². The van der Waals surface area contributed by atoms with Crippen molar-refractivity contribution in [3.8, 4) is 5.75 Å². The van der Waals surface area contributed by atoms with Crippen molar-refractivity contribution < 1.29 is 9.47 Å². The first-order chi connectivity index (χ1) is 10.2. The summed E-state index contributed by atoms with van der Waals surface area (Å²) < 4.78 is 12.1. The maximum absolute atomic E-state index is 5.86. The van der Waals surface area contributed by atoms with Gasteiger partial charge in [-0.3, -0.25) is 0 Å². The minimum atomic E-state index is 0.539. The van der Waals surface area contributed by atoms with Gasteiger partial charge in [-0.05, 0) is 36.4 Å². The number of ether oxygens (including phenoxy) is 2. The number of hydrogen-bond donors (Lipinski definition) is 1. The van der Waals surface area contributed by atoms with Gasteiger partial charge in [0.2, 0.25) is 0 Å². The minimum absolute atomic E-state index is 0.539. The predicted octanol–water partition coefficient (Wildman–Crippen LogP) is 3.89. The summed E-state index contributed by atoms with van der Waals surface area (Å²) in [6.45, 7) is 2.00. The first-order valence-electron chi connectivity index (χ1n) is 6.85. The molecule has 21 heavy (non-hydrogen) atoms. The number of rotatable bonds is 7. The second kappa shape index (κ2) is 8.17. The van der Waals surface area contributed by atoms with Crippen molar-refractivity contribution >= 4 is 15.9 Å². The lowest BCUT2D eigenvalue weighted by Crippen LogP contribution is -2.05. The Bertz CT molecular complexity index is 587. The third-order valence-corrected chi connectivity index (χ3v) is 3.84. The Hall–Kier alpha value is -1.36. The molecule has 2 aromatic rings. The molecule has 2 rings (SSSR count). The number of methoxy groups -OCH3 is 1. The zero-order chi connectivity index (χ0) is 15.1. The molecule has 0 heterocycles. The SMILES string of the molecule is CNCc1ccc(COc2cccc(COC)c2)c(Br)c1. The van der Waals surface area contributed by atoms with Crippen LogP contribution in [0.25, 0.3) is 0 Å². The Morgan fingerprint density at radius 3 is 2.62 bits per heavy atom. The van der Waals surface area contributed by atoms with E-state index in [9.17, 15) is 0 Å². The van der Waals surface area contributed by atoms with E-state index in [-0.39, 0.29) is 0 Å². The van der Waals surface area contributed by atoms with Gasteiger partial charge in [0.25, 0.3) is 0 Å². The third-order valence-electron chi connectivity index (χ3n) is 3.10. The normalized spacial score (nSPS) is 10.6. The fourth-order valence-electron chi connectivity index (χ4n) is 2.07. The van der Waals surface area contributed by atoms with Crippen molar-refractivity contribution in [2.24, 2.45) is 0 Å². The van der Waals surface area contributed by atoms with Crippen LogP contribution in [0.1, 0.15) is 16.7 Å². The maximum Gasteiger partial charge on any atom is 0.120 e. The Balaban J connectivity index is 2.01. The highest BCUT2D eigenvalue weighted by Gasteiger charge is 2.03. The van der Waals surface area contributed by atoms with Crippen molar-refractivity contribution in [3.63, 3.8) is 0 Å². The summed E-state index contributed by atoms with van der Waals surface area (Å²) in [7, 11) is 3.63. The van der Waals surface area contributed by atoms with Gasteiger partial charge in [0.15, 0.2) is 0 Å². The van der Waals surface area contributed by atoms with Gasteiger partial charge in [0.05, 0.1) is 6.61 Å². The van der Waals surface area contributed by atoms with Gasteiger partial charge in [-0.15, -0.1) is 0 Å². The molecule has 0 aromatic heterocycles. The highest BCUT2D eigenvalue weighted by molar-refractivity contribution is 9.10. The van der Waals surface area contributed by atoms with Crippen LogP contribution < -0.4 is 10.1 Å². The molecule has 0 saturated carbocycles. The number of benzene rings is 2. The Morgan fingerprint density at radius 1 is 1.05 bits per heavy atom. The van der Waals surface area contributed by atoms with Crippen LogP contribution in [0.4, 0.5) is 0 Å². The number of halogens is 1. The van der Waals surface area contributed by atoms with Crippen LogP contribution in [0.2, 0.25) is 0 Å². The van der Waals surface area contributed by atoms with Crippen molar-refractivity contribution in [2.75, 3.05) is 14.2 Å². The van der Waals surface area contributed by atoms with E-state index >= 15 is 0 Å². The molecule has 3 nitrogen and oxygen atoms in total. The van der Waals surface area contributed by atoms with Crippen molar-refractivity contribution in [1.82, 2.24) is 5.32 Å². The predicted molar refractivity (Wildman–Crippen MR) is 88.4 cm³/mol. The van der Waals surface area contributed by atoms with E-state index in [4.69, 9.17) is 9.47 Å². The molecule has 112 valence electrons. The molecule has 4 heteroatoms. The van der Waals surface area contributed by atoms with E-state index in [0.29, 0.717) is 13.2 Å². The molecule has 0 radical (unpaired) electrons. The Kier molecular flexibility index (Phi) is 6.23. The van der Waals surface area contributed by atoms with Gasteiger partial charge < -0.3 is 14.8 Å². The zero-order valence-corrected chi connectivity index (χ0v) is 13.9. The van der Waals surface area contributed by atoms with Gasteiger partial charge in [-0.2, -0.15) is 0 Å². The highest BCUT2D eigenvalue weighted by atomic mass is 79.9. The van der Waals surface area contributed by atoms with Crippen LogP contribution in [0.15, 0.2) is 46.9 Å². The molecular weight excluding hydrogens is 330 g/mol. The molecule has 0 saturated heterocycles. The number of nitrogens with one attached hydrogen (secondary N) is 1. The molecule has 0 unspecified atom stereocenters. The van der Waals surface area contributed by atoms with E-state index in [1.54, 1.807) is 7.11 Å². The van der Waals surface area contributed by atoms with Gasteiger partial charge >= 0.3 is 0 Å². The molecule has 0 atom stereocenters. The zero-order valence-electron chi connectivity index (χ0n) is 12.4. The summed E-state index contributed by atoms with van der Waals surface area (Å²) in [6.07, 6.45) is 0. The molecule has 0 aliphatic rings. The van der Waals surface area contributed by atoms with E-state index < -0.39 is 0 Å². The van der Waals surface area contributed by atoms with Crippen LogP contribution in [-0.4, -0.2) is 14.2 Å². The molecule has 2 aromatic carbocycles. The van der Waals surface area contributed by atoms with E-state index in [1.165, 1.54) is 5.56 Å². The Labute approximate surface area is 134 Å². The first-order valence-corrected chi connectivity index (χ1v) is 7.65. The van der Waals surface area contributed by atoms with Gasteiger partial charge in [0, 0.05) is 23.7 Å². The summed E-state index contributed by atoms with van der Waals surface area (Å²) in [5, 5.41) is 3.14. The average Bonchev–Trinajstić information content (AvgIpc) is 2.47. The molecule has 0 aliphatic carbocycles. The quantitative estimate of drug-likeness (QED) is 0.822. The summed E-state index contributed by atoms with van der Waals surface area (Å²) in [6, 6.07) is 14.3. The molecule has 1 N–H and O–H groups in total. The monoisotopic (exact) mass is 349 g/mol. The minimum Gasteiger partial charge on any atom is -0.489 e. The molecule has 0 spiro atoms. The highest BCUT2D eigenvalue weighted by Crippen LogP contribution is 2.21. The summed E-state index contributed by atoms with van der Waals surface area (Å²) in [4.78, 5) is 0. The van der Waals surface area contributed by atoms with E-state index in [1.807, 2.05) is 31.3 Å². The Morgan fingerprint density at radius 2 is 1.90 bits per heavy atom. The van der Waals surface area contributed by atoms with Crippen molar-refractivity contribution in [2.45, 2.75) is 19.8 Å². The lowest BCUT2D eigenvalue weighted by Gasteiger charge is -2.10. The average molecular weight is 350 g/mol. The smallest absolute Gasteiger partial charge is 0.120 e. The lowest BCUT2D eigenvalue weighted by atomic mass is 10.1. The van der Waals surface area contributed by atoms with Crippen LogP contribution in [0.3, 0.4) is 0 Å². The fourth-order valence-corrected chi connectivity index (χ4v) is 2.62. The second-order valence-electron chi connectivity index (χ2n) is 4.83. The molecule has 0 fully saturated rings. The van der Waals surface area contributed by atoms with Gasteiger partial charge in [-0.1, -0.05) is 40.2 Å². The topological polar surface area (TPSA) is 30.5 Å². The fraction of sp³-hybridized carbons (Fsp3) is 0.294. The van der Waals surface area contributed by atoms with E-state index in [2.05, 4.69) is 39.4 Å². The van der Waals surface area contributed by atoms with Crippen molar-refractivity contribution in [1.29, 1.82) is 0 Å². The van der Waals surface area contributed by atoms with Crippen LogP contribution in [0, 0.1) is 0 Å². The number of hydrogen-bond acceptors (Lipinski definition) is 3. The first kappa shape index (κ1) is 16.0. The maximum atomic E-state index is 5.86. The molecule has 0 bridgehead atoms. The van der Waals surface area contributed by atoms with E-state index in [0.717, 1.165) is 27.9 Å². The summed E-state index contributed by atoms with van der Waals surface area (Å²) in [5.41, 5.74) is 3.49. The van der Waals surface area contributed by atoms with Crippen LogP contribution >= 0.6 is 15.9 Å².